The quantitative estimate of drug-likeness (QED) is 0.834. The number of carbonyl (C=O) groups excluding carboxylic acids is 1. The predicted molar refractivity (Wildman–Crippen MR) is 93.1 cm³/mol. The minimum atomic E-state index is -0.354. The summed E-state index contributed by atoms with van der Waals surface area (Å²) in [5.74, 6) is -0.617. The molecule has 0 unspecified atom stereocenters. The summed E-state index contributed by atoms with van der Waals surface area (Å²) in [5, 5.41) is 3.21. The molecule has 0 saturated carbocycles. The zero-order valence-corrected chi connectivity index (χ0v) is 13.6. The number of carbonyl (C=O) groups is 1. The Morgan fingerprint density at radius 2 is 1.91 bits per heavy atom. The fraction of sp³-hybridized carbons (Fsp3) is 0.111. The molecule has 3 nitrogen and oxygen atoms in total. The van der Waals surface area contributed by atoms with E-state index < -0.39 is 0 Å². The van der Waals surface area contributed by atoms with Crippen LogP contribution in [0.3, 0.4) is 0 Å². The van der Waals surface area contributed by atoms with Gasteiger partial charge in [0, 0.05) is 5.56 Å². The Morgan fingerprint density at radius 3 is 2.65 bits per heavy atom. The molecule has 0 aliphatic carbocycles. The van der Waals surface area contributed by atoms with Crippen LogP contribution in [0.2, 0.25) is 0 Å². The molecule has 0 atom stereocenters. The van der Waals surface area contributed by atoms with E-state index in [1.807, 2.05) is 32.0 Å². The predicted octanol–water partition coefficient (Wildman–Crippen LogP) is 4.33. The number of amides is 1. The summed E-state index contributed by atoms with van der Waals surface area (Å²) >= 11 is 1.21. The monoisotopic (exact) mass is 326 g/mol. The smallest absolute Gasteiger partial charge is 0.264 e. The van der Waals surface area contributed by atoms with E-state index in [-0.39, 0.29) is 11.7 Å². The fourth-order valence-corrected chi connectivity index (χ4v) is 2.96. The van der Waals surface area contributed by atoms with Gasteiger partial charge in [-0.2, -0.15) is 0 Å². The number of hydrogen-bond acceptors (Lipinski definition) is 3. The fourth-order valence-electron chi connectivity index (χ4n) is 2.13. The Hall–Kier alpha value is -2.40. The first-order valence-corrected chi connectivity index (χ1v) is 7.96. The SMILES string of the molecule is Cc1ccc(N=C2NC(=O)/C(=C/c3ccccc3F)S2)cc1C. The van der Waals surface area contributed by atoms with Gasteiger partial charge >= 0.3 is 0 Å². The molecule has 5 heteroatoms. The molecule has 1 saturated heterocycles. The Balaban J connectivity index is 1.86. The maximum absolute atomic E-state index is 13.7. The molecule has 1 fully saturated rings. The molecule has 1 aliphatic rings. The van der Waals surface area contributed by atoms with Crippen molar-refractivity contribution in [2.75, 3.05) is 0 Å². The van der Waals surface area contributed by atoms with E-state index in [1.54, 1.807) is 18.2 Å². The van der Waals surface area contributed by atoms with Crippen molar-refractivity contribution in [2.24, 2.45) is 4.99 Å². The number of aliphatic imine (C=N–C) groups is 1. The number of rotatable bonds is 2. The molecular weight excluding hydrogens is 311 g/mol. The zero-order valence-electron chi connectivity index (χ0n) is 12.8. The van der Waals surface area contributed by atoms with E-state index in [0.717, 1.165) is 11.3 Å². The van der Waals surface area contributed by atoms with Crippen molar-refractivity contribution >= 4 is 34.6 Å². The lowest BCUT2D eigenvalue weighted by molar-refractivity contribution is -0.115. The Bertz CT molecular complexity index is 843. The molecular formula is C18H15FN2OS. The second-order valence-corrected chi connectivity index (χ2v) is 6.30. The van der Waals surface area contributed by atoms with Gasteiger partial charge in [-0.3, -0.25) is 4.79 Å². The van der Waals surface area contributed by atoms with Crippen LogP contribution in [0.15, 0.2) is 52.4 Å². The van der Waals surface area contributed by atoms with Crippen molar-refractivity contribution in [1.82, 2.24) is 5.32 Å². The van der Waals surface area contributed by atoms with Gasteiger partial charge in [-0.15, -0.1) is 0 Å². The lowest BCUT2D eigenvalue weighted by atomic mass is 10.1. The maximum Gasteiger partial charge on any atom is 0.264 e. The first-order chi connectivity index (χ1) is 11.0. The highest BCUT2D eigenvalue weighted by molar-refractivity contribution is 8.18. The normalized spacial score (nSPS) is 17.8. The summed E-state index contributed by atoms with van der Waals surface area (Å²) in [4.78, 5) is 16.9. The molecule has 0 spiro atoms. The molecule has 1 heterocycles. The van der Waals surface area contributed by atoms with E-state index in [0.29, 0.717) is 15.6 Å². The van der Waals surface area contributed by atoms with Crippen LogP contribution < -0.4 is 5.32 Å². The van der Waals surface area contributed by atoms with Crippen LogP contribution in [0.1, 0.15) is 16.7 Å². The first kappa shape index (κ1) is 15.5. The average molecular weight is 326 g/mol. The molecule has 3 rings (SSSR count). The second kappa shape index (κ2) is 6.38. The Morgan fingerprint density at radius 1 is 1.13 bits per heavy atom. The van der Waals surface area contributed by atoms with Gasteiger partial charge in [-0.05, 0) is 61.0 Å². The summed E-state index contributed by atoms with van der Waals surface area (Å²) in [5.41, 5.74) is 3.50. The van der Waals surface area contributed by atoms with Gasteiger partial charge in [-0.25, -0.2) is 9.38 Å². The number of aryl methyl sites for hydroxylation is 2. The van der Waals surface area contributed by atoms with Crippen LogP contribution in [0.25, 0.3) is 6.08 Å². The van der Waals surface area contributed by atoms with Crippen molar-refractivity contribution in [1.29, 1.82) is 0 Å². The summed E-state index contributed by atoms with van der Waals surface area (Å²) < 4.78 is 13.7. The number of benzene rings is 2. The van der Waals surface area contributed by atoms with Crippen molar-refractivity contribution in [3.63, 3.8) is 0 Å². The van der Waals surface area contributed by atoms with Crippen molar-refractivity contribution in [3.8, 4) is 0 Å². The molecule has 2 aromatic rings. The number of nitrogens with one attached hydrogen (secondary N) is 1. The molecule has 0 bridgehead atoms. The molecule has 2 aromatic carbocycles. The number of halogens is 1. The molecule has 0 radical (unpaired) electrons. The van der Waals surface area contributed by atoms with Crippen LogP contribution >= 0.6 is 11.8 Å². The van der Waals surface area contributed by atoms with E-state index in [4.69, 9.17) is 0 Å². The van der Waals surface area contributed by atoms with Crippen LogP contribution in [-0.4, -0.2) is 11.1 Å². The zero-order chi connectivity index (χ0) is 16.4. The third-order valence-corrected chi connectivity index (χ3v) is 4.47. The van der Waals surface area contributed by atoms with Gasteiger partial charge in [0.05, 0.1) is 10.6 Å². The lowest BCUT2D eigenvalue weighted by Gasteiger charge is -2.01. The number of amidine groups is 1. The standard InChI is InChI=1S/C18H15FN2OS/c1-11-7-8-14(9-12(11)2)20-18-21-17(22)16(23-18)10-13-5-3-4-6-15(13)19/h3-10H,1-2H3,(H,20,21,22)/b16-10-. The minimum absolute atomic E-state index is 0.263. The van der Waals surface area contributed by atoms with Gasteiger partial charge < -0.3 is 5.32 Å². The summed E-state index contributed by atoms with van der Waals surface area (Å²) in [6.07, 6.45) is 1.54. The molecule has 116 valence electrons. The summed E-state index contributed by atoms with van der Waals surface area (Å²) in [6.45, 7) is 4.05. The van der Waals surface area contributed by atoms with Crippen molar-refractivity contribution < 1.29 is 9.18 Å². The van der Waals surface area contributed by atoms with Gasteiger partial charge in [-0.1, -0.05) is 24.3 Å². The highest BCUT2D eigenvalue weighted by atomic mass is 32.2. The lowest BCUT2D eigenvalue weighted by Crippen LogP contribution is -2.19. The molecule has 0 aromatic heterocycles. The van der Waals surface area contributed by atoms with Crippen LogP contribution in [0, 0.1) is 19.7 Å². The van der Waals surface area contributed by atoms with E-state index in [9.17, 15) is 9.18 Å². The third-order valence-electron chi connectivity index (χ3n) is 3.56. The molecule has 1 N–H and O–H groups in total. The van der Waals surface area contributed by atoms with Crippen LogP contribution in [-0.2, 0) is 4.79 Å². The molecule has 23 heavy (non-hydrogen) atoms. The van der Waals surface area contributed by atoms with E-state index in [1.165, 1.54) is 29.5 Å². The van der Waals surface area contributed by atoms with Crippen LogP contribution in [0.4, 0.5) is 10.1 Å². The van der Waals surface area contributed by atoms with Crippen LogP contribution in [0.5, 0.6) is 0 Å². The Labute approximate surface area is 138 Å². The largest absolute Gasteiger partial charge is 0.300 e. The number of hydrogen-bond donors (Lipinski definition) is 1. The second-order valence-electron chi connectivity index (χ2n) is 5.27. The van der Waals surface area contributed by atoms with Gasteiger partial charge in [0.15, 0.2) is 5.17 Å². The summed E-state index contributed by atoms with van der Waals surface area (Å²) in [7, 11) is 0. The maximum atomic E-state index is 13.7. The van der Waals surface area contributed by atoms with Gasteiger partial charge in [0.25, 0.3) is 5.91 Å². The first-order valence-electron chi connectivity index (χ1n) is 7.14. The third kappa shape index (κ3) is 3.51. The van der Waals surface area contributed by atoms with E-state index in [2.05, 4.69) is 10.3 Å². The molecule has 1 amide bonds. The summed E-state index contributed by atoms with van der Waals surface area (Å²) in [6, 6.07) is 12.2. The topological polar surface area (TPSA) is 41.5 Å². The Kier molecular flexibility index (Phi) is 4.30. The highest BCUT2D eigenvalue weighted by Gasteiger charge is 2.24. The minimum Gasteiger partial charge on any atom is -0.300 e. The molecule has 1 aliphatic heterocycles. The number of nitrogens with zero attached hydrogens (tertiary/aromatic N) is 1. The van der Waals surface area contributed by atoms with Crippen molar-refractivity contribution in [2.45, 2.75) is 13.8 Å². The highest BCUT2D eigenvalue weighted by Crippen LogP contribution is 2.29. The van der Waals surface area contributed by atoms with Gasteiger partial charge in [0.2, 0.25) is 0 Å². The van der Waals surface area contributed by atoms with Gasteiger partial charge in [0.1, 0.15) is 5.82 Å². The van der Waals surface area contributed by atoms with E-state index >= 15 is 0 Å². The van der Waals surface area contributed by atoms with Crippen molar-refractivity contribution in [3.05, 3.63) is 69.9 Å². The number of thioether (sulfide) groups is 1. The average Bonchev–Trinajstić information content (AvgIpc) is 2.85.